The van der Waals surface area contributed by atoms with E-state index >= 15 is 0 Å². The number of hydrazone groups is 1. The number of anilines is 1. The Kier molecular flexibility index (Phi) is 4.02. The maximum Gasteiger partial charge on any atom is 0.336 e. The minimum absolute atomic E-state index is 0.143. The van der Waals surface area contributed by atoms with Gasteiger partial charge in [0.2, 0.25) is 5.91 Å². The molecule has 1 heterocycles. The first-order valence-corrected chi connectivity index (χ1v) is 6.40. The molecule has 1 aromatic rings. The first-order valence-electron chi connectivity index (χ1n) is 6.40. The SMILES string of the molecule is Cc1cc(NC(=O)C2=NNC(=O)CC2)cc(C(=O)O)c1C. The first-order chi connectivity index (χ1) is 9.88. The van der Waals surface area contributed by atoms with Crippen LogP contribution >= 0.6 is 0 Å². The Morgan fingerprint density at radius 1 is 1.29 bits per heavy atom. The van der Waals surface area contributed by atoms with E-state index in [9.17, 15) is 14.4 Å². The van der Waals surface area contributed by atoms with Gasteiger partial charge in [-0.05, 0) is 37.1 Å². The highest BCUT2D eigenvalue weighted by Gasteiger charge is 2.19. The van der Waals surface area contributed by atoms with Gasteiger partial charge in [-0.25, -0.2) is 10.2 Å². The Balaban J connectivity index is 2.22. The molecule has 0 atom stereocenters. The highest BCUT2D eigenvalue weighted by molar-refractivity contribution is 6.43. The number of rotatable bonds is 3. The number of carboxylic acid groups (broad SMARTS) is 1. The van der Waals surface area contributed by atoms with Crippen LogP contribution in [0, 0.1) is 13.8 Å². The van der Waals surface area contributed by atoms with Gasteiger partial charge in [0.15, 0.2) is 0 Å². The zero-order valence-corrected chi connectivity index (χ0v) is 11.7. The second-order valence-electron chi connectivity index (χ2n) is 4.82. The molecular weight excluding hydrogens is 274 g/mol. The third-order valence-electron chi connectivity index (χ3n) is 3.32. The van der Waals surface area contributed by atoms with Crippen LogP contribution < -0.4 is 10.7 Å². The Morgan fingerprint density at radius 2 is 2.00 bits per heavy atom. The predicted octanol–water partition coefficient (Wildman–Crippen LogP) is 1.21. The summed E-state index contributed by atoms with van der Waals surface area (Å²) in [5.74, 6) is -1.73. The van der Waals surface area contributed by atoms with Crippen LogP contribution in [0.15, 0.2) is 17.2 Å². The van der Waals surface area contributed by atoms with Crippen molar-refractivity contribution in [2.45, 2.75) is 26.7 Å². The molecule has 0 aromatic heterocycles. The van der Waals surface area contributed by atoms with Gasteiger partial charge in [0.05, 0.1) is 5.56 Å². The number of nitrogens with zero attached hydrogens (tertiary/aromatic N) is 1. The molecule has 0 fully saturated rings. The second kappa shape index (κ2) is 5.74. The molecule has 1 aliphatic rings. The van der Waals surface area contributed by atoms with Crippen molar-refractivity contribution in [3.05, 3.63) is 28.8 Å². The number of hydrogen-bond acceptors (Lipinski definition) is 4. The third-order valence-corrected chi connectivity index (χ3v) is 3.32. The standard InChI is InChI=1S/C14H15N3O4/c1-7-5-9(6-10(8(7)2)14(20)21)15-13(19)11-3-4-12(18)17-16-11/h5-6H,3-4H2,1-2H3,(H,15,19)(H,17,18)(H,20,21). The molecular formula is C14H15N3O4. The van der Waals surface area contributed by atoms with Crippen LogP contribution in [0.2, 0.25) is 0 Å². The Hall–Kier alpha value is -2.70. The van der Waals surface area contributed by atoms with E-state index in [0.29, 0.717) is 11.3 Å². The van der Waals surface area contributed by atoms with Gasteiger partial charge in [0.25, 0.3) is 5.91 Å². The van der Waals surface area contributed by atoms with Crippen molar-refractivity contribution >= 4 is 29.2 Å². The Labute approximate surface area is 121 Å². The van der Waals surface area contributed by atoms with E-state index in [0.717, 1.165) is 5.56 Å². The van der Waals surface area contributed by atoms with E-state index in [2.05, 4.69) is 15.8 Å². The van der Waals surface area contributed by atoms with Gasteiger partial charge in [-0.1, -0.05) is 0 Å². The number of hydrogen-bond donors (Lipinski definition) is 3. The van der Waals surface area contributed by atoms with E-state index in [1.165, 1.54) is 6.07 Å². The van der Waals surface area contributed by atoms with E-state index < -0.39 is 11.9 Å². The molecule has 0 unspecified atom stereocenters. The van der Waals surface area contributed by atoms with Crippen LogP contribution in [0.5, 0.6) is 0 Å². The molecule has 21 heavy (non-hydrogen) atoms. The van der Waals surface area contributed by atoms with Crippen LogP contribution in [-0.4, -0.2) is 28.6 Å². The third kappa shape index (κ3) is 3.25. The molecule has 110 valence electrons. The number of amides is 2. The Morgan fingerprint density at radius 3 is 2.57 bits per heavy atom. The molecule has 0 saturated carbocycles. The second-order valence-corrected chi connectivity index (χ2v) is 4.82. The van der Waals surface area contributed by atoms with Gasteiger partial charge >= 0.3 is 5.97 Å². The maximum absolute atomic E-state index is 12.0. The van der Waals surface area contributed by atoms with Crippen LogP contribution in [0.4, 0.5) is 5.69 Å². The zero-order valence-electron chi connectivity index (χ0n) is 11.7. The normalized spacial score (nSPS) is 14.2. The maximum atomic E-state index is 12.0. The molecule has 0 spiro atoms. The highest BCUT2D eigenvalue weighted by atomic mass is 16.4. The summed E-state index contributed by atoms with van der Waals surface area (Å²) >= 11 is 0. The minimum Gasteiger partial charge on any atom is -0.478 e. The quantitative estimate of drug-likeness (QED) is 0.777. The summed E-state index contributed by atoms with van der Waals surface area (Å²) in [6.45, 7) is 3.49. The summed E-state index contributed by atoms with van der Waals surface area (Å²) in [6, 6.07) is 3.10. The van der Waals surface area contributed by atoms with Crippen molar-refractivity contribution in [2.75, 3.05) is 5.32 Å². The average molecular weight is 289 g/mol. The lowest BCUT2D eigenvalue weighted by Gasteiger charge is -2.13. The molecule has 2 rings (SSSR count). The van der Waals surface area contributed by atoms with Gasteiger partial charge in [-0.15, -0.1) is 0 Å². The number of nitrogens with one attached hydrogen (secondary N) is 2. The van der Waals surface area contributed by atoms with Gasteiger partial charge in [-0.2, -0.15) is 5.10 Å². The molecule has 1 aliphatic heterocycles. The fourth-order valence-corrected chi connectivity index (χ4v) is 1.99. The van der Waals surface area contributed by atoms with E-state index in [1.54, 1.807) is 19.9 Å². The van der Waals surface area contributed by atoms with Crippen molar-refractivity contribution in [2.24, 2.45) is 5.10 Å². The fraction of sp³-hybridized carbons (Fsp3) is 0.286. The molecule has 0 radical (unpaired) electrons. The summed E-state index contributed by atoms with van der Waals surface area (Å²) in [4.78, 5) is 34.2. The minimum atomic E-state index is -1.05. The summed E-state index contributed by atoms with van der Waals surface area (Å²) in [7, 11) is 0. The number of carboxylic acids is 1. The van der Waals surface area contributed by atoms with E-state index in [4.69, 9.17) is 5.11 Å². The molecule has 7 heteroatoms. The van der Waals surface area contributed by atoms with Crippen LogP contribution in [-0.2, 0) is 9.59 Å². The van der Waals surface area contributed by atoms with Crippen molar-refractivity contribution in [3.63, 3.8) is 0 Å². The molecule has 3 N–H and O–H groups in total. The van der Waals surface area contributed by atoms with Gasteiger partial charge in [-0.3, -0.25) is 9.59 Å². The van der Waals surface area contributed by atoms with Crippen molar-refractivity contribution in [1.29, 1.82) is 0 Å². The lowest BCUT2D eigenvalue weighted by molar-refractivity contribution is -0.121. The monoisotopic (exact) mass is 289 g/mol. The van der Waals surface area contributed by atoms with Crippen molar-refractivity contribution in [3.8, 4) is 0 Å². The topological polar surface area (TPSA) is 108 Å². The smallest absolute Gasteiger partial charge is 0.336 e. The fourth-order valence-electron chi connectivity index (χ4n) is 1.99. The molecule has 0 aliphatic carbocycles. The molecule has 0 saturated heterocycles. The summed E-state index contributed by atoms with van der Waals surface area (Å²) in [5.41, 5.74) is 4.41. The molecule has 0 bridgehead atoms. The molecule has 1 aromatic carbocycles. The lowest BCUT2D eigenvalue weighted by atomic mass is 10.0. The van der Waals surface area contributed by atoms with E-state index in [-0.39, 0.29) is 30.0 Å². The summed E-state index contributed by atoms with van der Waals surface area (Å²) < 4.78 is 0. The lowest BCUT2D eigenvalue weighted by Crippen LogP contribution is -2.32. The van der Waals surface area contributed by atoms with E-state index in [1.807, 2.05) is 0 Å². The predicted molar refractivity (Wildman–Crippen MR) is 76.3 cm³/mol. The molecule has 7 nitrogen and oxygen atoms in total. The molecule has 2 amide bonds. The van der Waals surface area contributed by atoms with Crippen LogP contribution in [0.25, 0.3) is 0 Å². The largest absolute Gasteiger partial charge is 0.478 e. The first kappa shape index (κ1) is 14.7. The highest BCUT2D eigenvalue weighted by Crippen LogP contribution is 2.20. The number of aromatic carboxylic acids is 1. The van der Waals surface area contributed by atoms with Gasteiger partial charge in [0, 0.05) is 18.5 Å². The summed E-state index contributed by atoms with van der Waals surface area (Å²) in [6.07, 6.45) is 0.466. The van der Waals surface area contributed by atoms with Crippen LogP contribution in [0.3, 0.4) is 0 Å². The number of benzene rings is 1. The zero-order chi connectivity index (χ0) is 15.6. The van der Waals surface area contributed by atoms with Crippen molar-refractivity contribution in [1.82, 2.24) is 5.43 Å². The van der Waals surface area contributed by atoms with Gasteiger partial charge in [0.1, 0.15) is 5.71 Å². The Bertz CT molecular complexity index is 664. The van der Waals surface area contributed by atoms with Gasteiger partial charge < -0.3 is 10.4 Å². The number of carbonyl (C=O) groups excluding carboxylic acids is 2. The number of carbonyl (C=O) groups is 3. The average Bonchev–Trinajstić information content (AvgIpc) is 2.43. The van der Waals surface area contributed by atoms with Crippen molar-refractivity contribution < 1.29 is 19.5 Å². The summed E-state index contributed by atoms with van der Waals surface area (Å²) in [5, 5.41) is 15.4. The number of aryl methyl sites for hydroxylation is 1. The van der Waals surface area contributed by atoms with Crippen LogP contribution in [0.1, 0.15) is 34.3 Å².